The minimum absolute atomic E-state index is 0.0825. The molecule has 1 aromatic heterocycles. The van der Waals surface area contributed by atoms with Crippen LogP contribution in [-0.2, 0) is 0 Å². The van der Waals surface area contributed by atoms with Crippen LogP contribution in [0.2, 0.25) is 0 Å². The molecule has 1 aromatic carbocycles. The molecule has 7 heteroatoms. The molecule has 0 fully saturated rings. The van der Waals surface area contributed by atoms with Crippen LogP contribution in [0, 0.1) is 10.1 Å². The highest BCUT2D eigenvalue weighted by molar-refractivity contribution is 9.11. The minimum atomic E-state index is -0.394. The number of nitro groups is 1. The van der Waals surface area contributed by atoms with Gasteiger partial charge in [0, 0.05) is 16.7 Å². The first-order chi connectivity index (χ1) is 8.58. The van der Waals surface area contributed by atoms with Crippen LogP contribution in [-0.4, -0.2) is 9.91 Å². The average molecular weight is 390 g/mol. The van der Waals surface area contributed by atoms with Gasteiger partial charge in [-0.1, -0.05) is 23.9 Å². The molecule has 0 aliphatic rings. The lowest BCUT2D eigenvalue weighted by molar-refractivity contribution is -0.387. The highest BCUT2D eigenvalue weighted by Gasteiger charge is 2.15. The number of aromatic nitrogens is 1. The summed E-state index contributed by atoms with van der Waals surface area (Å²) in [5, 5.41) is 11.6. The van der Waals surface area contributed by atoms with Crippen LogP contribution < -0.4 is 0 Å². The minimum Gasteiger partial charge on any atom is -0.258 e. The van der Waals surface area contributed by atoms with Gasteiger partial charge in [-0.2, -0.15) is 0 Å². The molecule has 0 saturated carbocycles. The molecule has 0 bridgehead atoms. The summed E-state index contributed by atoms with van der Waals surface area (Å²) in [6.07, 6.45) is 1.65. The van der Waals surface area contributed by atoms with Crippen molar-refractivity contribution >= 4 is 49.3 Å². The van der Waals surface area contributed by atoms with Crippen molar-refractivity contribution < 1.29 is 4.92 Å². The predicted molar refractivity (Wildman–Crippen MR) is 76.9 cm³/mol. The number of pyridine rings is 1. The highest BCUT2D eigenvalue weighted by atomic mass is 79.9. The second-order valence-corrected chi connectivity index (χ2v) is 6.07. The fourth-order valence-electron chi connectivity index (χ4n) is 1.28. The van der Waals surface area contributed by atoms with Crippen molar-refractivity contribution in [3.8, 4) is 0 Å². The fourth-order valence-corrected chi connectivity index (χ4v) is 3.37. The summed E-state index contributed by atoms with van der Waals surface area (Å²) in [5.41, 5.74) is 0.0825. The smallest absolute Gasteiger partial charge is 0.258 e. The van der Waals surface area contributed by atoms with Gasteiger partial charge in [0.05, 0.1) is 14.3 Å². The van der Waals surface area contributed by atoms with Crippen LogP contribution in [0.1, 0.15) is 0 Å². The molecule has 0 unspecified atom stereocenters. The zero-order valence-corrected chi connectivity index (χ0v) is 12.8. The molecule has 0 N–H and O–H groups in total. The van der Waals surface area contributed by atoms with Gasteiger partial charge in [-0.3, -0.25) is 10.1 Å². The molecular weight excluding hydrogens is 384 g/mol. The van der Waals surface area contributed by atoms with E-state index >= 15 is 0 Å². The summed E-state index contributed by atoms with van der Waals surface area (Å²) in [6, 6.07) is 8.45. The van der Waals surface area contributed by atoms with E-state index in [1.165, 1.54) is 17.8 Å². The van der Waals surface area contributed by atoms with Crippen molar-refractivity contribution in [2.45, 2.75) is 9.92 Å². The van der Waals surface area contributed by atoms with Crippen molar-refractivity contribution in [2.75, 3.05) is 0 Å². The Labute approximate surface area is 124 Å². The van der Waals surface area contributed by atoms with Gasteiger partial charge >= 0.3 is 0 Å². The predicted octanol–water partition coefficient (Wildman–Crippen LogP) is 4.67. The number of hydrogen-bond acceptors (Lipinski definition) is 4. The van der Waals surface area contributed by atoms with Crippen LogP contribution in [0.25, 0.3) is 0 Å². The Morgan fingerprint density at radius 1 is 1.28 bits per heavy atom. The maximum Gasteiger partial charge on any atom is 0.283 e. The zero-order chi connectivity index (χ0) is 13.1. The lowest BCUT2D eigenvalue weighted by atomic mass is 10.3. The van der Waals surface area contributed by atoms with E-state index in [0.29, 0.717) is 9.92 Å². The van der Waals surface area contributed by atoms with E-state index in [4.69, 9.17) is 0 Å². The molecule has 2 aromatic rings. The van der Waals surface area contributed by atoms with Gasteiger partial charge < -0.3 is 0 Å². The average Bonchev–Trinajstić information content (AvgIpc) is 2.33. The van der Waals surface area contributed by atoms with E-state index in [0.717, 1.165) is 8.95 Å². The molecule has 1 heterocycles. The van der Waals surface area contributed by atoms with Gasteiger partial charge in [0.25, 0.3) is 5.69 Å². The highest BCUT2D eigenvalue weighted by Crippen LogP contribution is 2.37. The third-order valence-corrected chi connectivity index (χ3v) is 4.43. The number of benzene rings is 1. The maximum atomic E-state index is 10.9. The number of nitro benzene ring substituents is 1. The SMILES string of the molecule is O=[N+]([O-])c1ccccc1Sc1ncc(Br)cc1Br. The summed E-state index contributed by atoms with van der Waals surface area (Å²) >= 11 is 7.95. The van der Waals surface area contributed by atoms with Crippen molar-refractivity contribution in [2.24, 2.45) is 0 Å². The van der Waals surface area contributed by atoms with Gasteiger partial charge in [-0.25, -0.2) is 4.98 Å². The lowest BCUT2D eigenvalue weighted by Crippen LogP contribution is -1.91. The fraction of sp³-hybridized carbons (Fsp3) is 0. The quantitative estimate of drug-likeness (QED) is 0.565. The number of nitrogens with zero attached hydrogens (tertiary/aromatic N) is 2. The topological polar surface area (TPSA) is 56.0 Å². The van der Waals surface area contributed by atoms with Crippen molar-refractivity contribution in [3.05, 3.63) is 55.6 Å². The maximum absolute atomic E-state index is 10.9. The van der Waals surface area contributed by atoms with Crippen LogP contribution in [0.15, 0.2) is 55.4 Å². The molecule has 0 saturated heterocycles. The number of hydrogen-bond donors (Lipinski definition) is 0. The molecule has 0 aliphatic carbocycles. The molecular formula is C11H6Br2N2O2S. The van der Waals surface area contributed by atoms with Gasteiger partial charge in [0.2, 0.25) is 0 Å². The number of rotatable bonds is 3. The van der Waals surface area contributed by atoms with Crippen LogP contribution >= 0.6 is 43.6 Å². The van der Waals surface area contributed by atoms with E-state index in [-0.39, 0.29) is 5.69 Å². The normalized spacial score (nSPS) is 10.3. The molecule has 0 amide bonds. The summed E-state index contributed by atoms with van der Waals surface area (Å²) in [6.45, 7) is 0. The molecule has 0 aliphatic heterocycles. The lowest BCUT2D eigenvalue weighted by Gasteiger charge is -2.04. The third kappa shape index (κ3) is 3.09. The third-order valence-electron chi connectivity index (χ3n) is 2.04. The Kier molecular flexibility index (Phi) is 4.36. The Balaban J connectivity index is 2.37. The van der Waals surface area contributed by atoms with Gasteiger partial charge in [0.1, 0.15) is 5.03 Å². The number of halogens is 2. The monoisotopic (exact) mass is 388 g/mol. The van der Waals surface area contributed by atoms with E-state index in [1.54, 1.807) is 24.4 Å². The second-order valence-electron chi connectivity index (χ2n) is 3.27. The Bertz CT molecular complexity index is 607. The number of para-hydroxylation sites is 1. The van der Waals surface area contributed by atoms with E-state index in [2.05, 4.69) is 36.8 Å². The Hall–Kier alpha value is -0.920. The first kappa shape index (κ1) is 13.5. The standard InChI is InChI=1S/C11H6Br2N2O2S/c12-7-5-8(13)11(14-6-7)18-10-4-2-1-3-9(10)15(16)17/h1-6H. The van der Waals surface area contributed by atoms with Crippen molar-refractivity contribution in [3.63, 3.8) is 0 Å². The van der Waals surface area contributed by atoms with Crippen molar-refractivity contribution in [1.29, 1.82) is 0 Å². The van der Waals surface area contributed by atoms with Gasteiger partial charge in [0.15, 0.2) is 0 Å². The summed E-state index contributed by atoms with van der Waals surface area (Å²) < 4.78 is 1.64. The van der Waals surface area contributed by atoms with Crippen LogP contribution in [0.5, 0.6) is 0 Å². The molecule has 92 valence electrons. The Morgan fingerprint density at radius 3 is 2.67 bits per heavy atom. The zero-order valence-electron chi connectivity index (χ0n) is 8.84. The van der Waals surface area contributed by atoms with Gasteiger partial charge in [-0.05, 0) is 44.0 Å². The van der Waals surface area contributed by atoms with E-state index in [1.807, 2.05) is 6.07 Å². The Morgan fingerprint density at radius 2 is 2.00 bits per heavy atom. The first-order valence-electron chi connectivity index (χ1n) is 4.80. The molecule has 2 rings (SSSR count). The van der Waals surface area contributed by atoms with Gasteiger partial charge in [-0.15, -0.1) is 0 Å². The van der Waals surface area contributed by atoms with E-state index in [9.17, 15) is 10.1 Å². The molecule has 0 atom stereocenters. The largest absolute Gasteiger partial charge is 0.283 e. The second kappa shape index (κ2) is 5.81. The summed E-state index contributed by atoms with van der Waals surface area (Å²) in [7, 11) is 0. The molecule has 18 heavy (non-hydrogen) atoms. The summed E-state index contributed by atoms with van der Waals surface area (Å²) in [5.74, 6) is 0. The molecule has 4 nitrogen and oxygen atoms in total. The van der Waals surface area contributed by atoms with Crippen molar-refractivity contribution in [1.82, 2.24) is 4.98 Å². The molecule has 0 spiro atoms. The summed E-state index contributed by atoms with van der Waals surface area (Å²) in [4.78, 5) is 15.3. The van der Waals surface area contributed by atoms with E-state index < -0.39 is 4.92 Å². The van der Waals surface area contributed by atoms with Crippen LogP contribution in [0.4, 0.5) is 5.69 Å². The molecule has 0 radical (unpaired) electrons. The van der Waals surface area contributed by atoms with Crippen LogP contribution in [0.3, 0.4) is 0 Å². The first-order valence-corrected chi connectivity index (χ1v) is 7.20.